The van der Waals surface area contributed by atoms with Crippen LogP contribution < -0.4 is 0 Å². The number of benzene rings is 1. The van der Waals surface area contributed by atoms with E-state index < -0.39 is 0 Å². The van der Waals surface area contributed by atoms with Crippen molar-refractivity contribution in [2.45, 2.75) is 44.8 Å². The second-order valence-electron chi connectivity index (χ2n) is 7.88. The van der Waals surface area contributed by atoms with Gasteiger partial charge in [0.25, 0.3) is 0 Å². The Labute approximate surface area is 165 Å². The molecule has 144 valence electrons. The van der Waals surface area contributed by atoms with Crippen molar-refractivity contribution < 1.29 is 9.53 Å². The molecule has 5 nitrogen and oxygen atoms in total. The van der Waals surface area contributed by atoms with Crippen molar-refractivity contribution in [3.05, 3.63) is 52.0 Å². The number of carbonyl (C=O) groups excluding carboxylic acids is 1. The molecule has 4 rings (SSSR count). The third-order valence-corrected chi connectivity index (χ3v) is 6.80. The van der Waals surface area contributed by atoms with Gasteiger partial charge in [0, 0.05) is 43.9 Å². The highest BCUT2D eigenvalue weighted by Gasteiger charge is 2.47. The predicted octanol–water partition coefficient (Wildman–Crippen LogP) is 4.04. The molecule has 2 aromatic rings. The van der Waals surface area contributed by atoms with Gasteiger partial charge >= 0.3 is 6.09 Å². The smallest absolute Gasteiger partial charge is 0.410 e. The molecule has 1 aromatic carbocycles. The Hall–Kier alpha value is -1.92. The normalized spacial score (nSPS) is 20.8. The number of aryl methyl sites for hydroxylation is 1. The van der Waals surface area contributed by atoms with E-state index in [4.69, 9.17) is 4.74 Å². The fourth-order valence-electron chi connectivity index (χ4n) is 4.11. The lowest BCUT2D eigenvalue weighted by Gasteiger charge is -2.37. The molecule has 2 saturated heterocycles. The van der Waals surface area contributed by atoms with E-state index in [2.05, 4.69) is 48.0 Å². The standard InChI is InChI=1S/C21H27N3O2S/c1-16(18-6-4-3-5-7-18)12-24-14-21(26-20(24)25)8-10-23(11-9-21)13-19-17(2)22-15-27-19/h3-7,15-16H,8-14H2,1-2H3. The first-order valence-corrected chi connectivity index (χ1v) is 10.6. The fourth-order valence-corrected chi connectivity index (χ4v) is 4.93. The van der Waals surface area contributed by atoms with E-state index in [1.54, 1.807) is 11.3 Å². The van der Waals surface area contributed by atoms with Crippen molar-refractivity contribution in [1.29, 1.82) is 0 Å². The molecule has 2 aliphatic heterocycles. The highest BCUT2D eigenvalue weighted by Crippen LogP contribution is 2.35. The molecular formula is C21H27N3O2S. The fraction of sp³-hybridized carbons (Fsp3) is 0.524. The minimum Gasteiger partial charge on any atom is -0.441 e. The Balaban J connectivity index is 1.33. The molecule has 3 heterocycles. The minimum absolute atomic E-state index is 0.149. The summed E-state index contributed by atoms with van der Waals surface area (Å²) in [6.45, 7) is 8.56. The van der Waals surface area contributed by atoms with E-state index in [0.717, 1.165) is 44.7 Å². The van der Waals surface area contributed by atoms with Crippen LogP contribution in [0.3, 0.4) is 0 Å². The summed E-state index contributed by atoms with van der Waals surface area (Å²) in [7, 11) is 0. The van der Waals surface area contributed by atoms with Gasteiger partial charge in [0.15, 0.2) is 0 Å². The maximum atomic E-state index is 12.5. The molecule has 1 aromatic heterocycles. The molecule has 1 atom stereocenters. The van der Waals surface area contributed by atoms with Crippen LogP contribution in [0.25, 0.3) is 0 Å². The monoisotopic (exact) mass is 385 g/mol. The summed E-state index contributed by atoms with van der Waals surface area (Å²) in [5.74, 6) is 0.309. The molecule has 2 fully saturated rings. The molecule has 0 bridgehead atoms. The van der Waals surface area contributed by atoms with Crippen LogP contribution in [-0.2, 0) is 11.3 Å². The maximum Gasteiger partial charge on any atom is 0.410 e. The molecule has 2 aliphatic rings. The summed E-state index contributed by atoms with van der Waals surface area (Å²) < 4.78 is 5.90. The van der Waals surface area contributed by atoms with E-state index in [9.17, 15) is 4.79 Å². The number of ether oxygens (including phenoxy) is 1. The summed E-state index contributed by atoms with van der Waals surface area (Å²) in [6.07, 6.45) is 1.67. The predicted molar refractivity (Wildman–Crippen MR) is 107 cm³/mol. The number of amides is 1. The van der Waals surface area contributed by atoms with Gasteiger partial charge in [-0.25, -0.2) is 9.78 Å². The van der Waals surface area contributed by atoms with E-state index in [1.165, 1.54) is 10.4 Å². The first-order valence-electron chi connectivity index (χ1n) is 9.69. The molecule has 0 N–H and O–H groups in total. The van der Waals surface area contributed by atoms with Gasteiger partial charge in [-0.15, -0.1) is 11.3 Å². The van der Waals surface area contributed by atoms with E-state index in [1.807, 2.05) is 16.5 Å². The molecule has 0 aliphatic carbocycles. The van der Waals surface area contributed by atoms with Gasteiger partial charge in [-0.1, -0.05) is 37.3 Å². The Kier molecular flexibility index (Phi) is 5.19. The Morgan fingerprint density at radius 3 is 2.67 bits per heavy atom. The average Bonchev–Trinajstić information content (AvgIpc) is 3.21. The highest BCUT2D eigenvalue weighted by molar-refractivity contribution is 7.09. The number of aromatic nitrogens is 1. The Morgan fingerprint density at radius 2 is 2.00 bits per heavy atom. The molecular weight excluding hydrogens is 358 g/mol. The van der Waals surface area contributed by atoms with Crippen molar-refractivity contribution in [1.82, 2.24) is 14.8 Å². The van der Waals surface area contributed by atoms with Crippen molar-refractivity contribution >= 4 is 17.4 Å². The molecule has 1 amide bonds. The topological polar surface area (TPSA) is 45.7 Å². The molecule has 0 saturated carbocycles. The number of hydrogen-bond donors (Lipinski definition) is 0. The van der Waals surface area contributed by atoms with Gasteiger partial charge in [-0.2, -0.15) is 0 Å². The van der Waals surface area contributed by atoms with Crippen LogP contribution in [0.2, 0.25) is 0 Å². The quantitative estimate of drug-likeness (QED) is 0.779. The van der Waals surface area contributed by atoms with Gasteiger partial charge in [-0.3, -0.25) is 4.90 Å². The third-order valence-electron chi connectivity index (χ3n) is 5.88. The molecule has 1 unspecified atom stereocenters. The van der Waals surface area contributed by atoms with Gasteiger partial charge in [-0.05, 0) is 18.4 Å². The van der Waals surface area contributed by atoms with Gasteiger partial charge in [0.1, 0.15) is 5.60 Å². The molecule has 6 heteroatoms. The largest absolute Gasteiger partial charge is 0.441 e. The summed E-state index contributed by atoms with van der Waals surface area (Å²) in [4.78, 5) is 22.5. The second-order valence-corrected chi connectivity index (χ2v) is 8.82. The number of rotatable bonds is 5. The number of nitrogens with zero attached hydrogens (tertiary/aromatic N) is 3. The summed E-state index contributed by atoms with van der Waals surface area (Å²) in [5.41, 5.74) is 4.02. The molecule has 0 radical (unpaired) electrons. The zero-order valence-corrected chi connectivity index (χ0v) is 16.9. The van der Waals surface area contributed by atoms with Crippen molar-refractivity contribution in [3.63, 3.8) is 0 Å². The van der Waals surface area contributed by atoms with Crippen LogP contribution in [0.1, 0.15) is 41.8 Å². The number of hydrogen-bond acceptors (Lipinski definition) is 5. The van der Waals surface area contributed by atoms with E-state index in [-0.39, 0.29) is 11.7 Å². The molecule has 1 spiro atoms. The van der Waals surface area contributed by atoms with Crippen molar-refractivity contribution in [2.24, 2.45) is 0 Å². The number of carbonyl (C=O) groups is 1. The van der Waals surface area contributed by atoms with Crippen LogP contribution in [0.5, 0.6) is 0 Å². The zero-order chi connectivity index (χ0) is 18.9. The first-order chi connectivity index (χ1) is 13.0. The zero-order valence-electron chi connectivity index (χ0n) is 16.1. The lowest BCUT2D eigenvalue weighted by atomic mass is 9.91. The maximum absolute atomic E-state index is 12.5. The van der Waals surface area contributed by atoms with Crippen molar-refractivity contribution in [3.8, 4) is 0 Å². The number of piperidine rings is 1. The van der Waals surface area contributed by atoms with Gasteiger partial charge in [0.05, 0.1) is 17.7 Å². The lowest BCUT2D eigenvalue weighted by molar-refractivity contribution is -0.00106. The number of likely N-dealkylation sites (tertiary alicyclic amines) is 1. The van der Waals surface area contributed by atoms with Crippen LogP contribution in [0.4, 0.5) is 4.79 Å². The summed E-state index contributed by atoms with van der Waals surface area (Å²) in [5, 5.41) is 0. The average molecular weight is 386 g/mol. The number of thiazole rings is 1. The Morgan fingerprint density at radius 1 is 1.26 bits per heavy atom. The van der Waals surface area contributed by atoms with Crippen LogP contribution in [0.15, 0.2) is 35.8 Å². The Bertz CT molecular complexity index is 784. The van der Waals surface area contributed by atoms with Crippen LogP contribution in [0, 0.1) is 6.92 Å². The van der Waals surface area contributed by atoms with E-state index >= 15 is 0 Å². The lowest BCUT2D eigenvalue weighted by Crippen LogP contribution is -2.46. The van der Waals surface area contributed by atoms with Gasteiger partial charge in [0.2, 0.25) is 0 Å². The SMILES string of the molecule is Cc1ncsc1CN1CCC2(CC1)CN(CC(C)c1ccccc1)C(=O)O2. The summed E-state index contributed by atoms with van der Waals surface area (Å²) >= 11 is 1.73. The first kappa shape index (κ1) is 18.4. The minimum atomic E-state index is -0.299. The molecule has 27 heavy (non-hydrogen) atoms. The van der Waals surface area contributed by atoms with Crippen LogP contribution >= 0.6 is 11.3 Å². The third kappa shape index (κ3) is 4.01. The second kappa shape index (κ2) is 7.60. The van der Waals surface area contributed by atoms with E-state index in [0.29, 0.717) is 12.5 Å². The van der Waals surface area contributed by atoms with Gasteiger partial charge < -0.3 is 9.64 Å². The van der Waals surface area contributed by atoms with Crippen molar-refractivity contribution in [2.75, 3.05) is 26.2 Å². The highest BCUT2D eigenvalue weighted by atomic mass is 32.1. The van der Waals surface area contributed by atoms with Crippen LogP contribution in [-0.4, -0.2) is 52.7 Å². The summed E-state index contributed by atoms with van der Waals surface area (Å²) in [6, 6.07) is 10.4.